The number of likely N-dealkylation sites (N-methyl/N-ethyl adjacent to an activating group) is 1. The molecule has 0 saturated heterocycles. The van der Waals surface area contributed by atoms with Crippen molar-refractivity contribution in [3.05, 3.63) is 48.2 Å². The van der Waals surface area contributed by atoms with Gasteiger partial charge < -0.3 is 10.0 Å². The van der Waals surface area contributed by atoms with Gasteiger partial charge in [-0.3, -0.25) is 9.97 Å². The first-order valence-corrected chi connectivity index (χ1v) is 5.82. The molecule has 0 amide bonds. The van der Waals surface area contributed by atoms with E-state index >= 15 is 0 Å². The molecule has 1 N–H and O–H groups in total. The van der Waals surface area contributed by atoms with E-state index in [1.54, 1.807) is 18.6 Å². The van der Waals surface area contributed by atoms with E-state index < -0.39 is 0 Å². The molecule has 0 bridgehead atoms. The van der Waals surface area contributed by atoms with E-state index in [9.17, 15) is 0 Å². The quantitative estimate of drug-likeness (QED) is 0.851. The predicted octanol–water partition coefficient (Wildman–Crippen LogP) is 1.04. The number of hydrogen-bond acceptors (Lipinski definition) is 5. The zero-order chi connectivity index (χ0) is 12.8. The van der Waals surface area contributed by atoms with Crippen molar-refractivity contribution in [2.45, 2.75) is 13.0 Å². The van der Waals surface area contributed by atoms with Gasteiger partial charge in [0.05, 0.1) is 24.7 Å². The summed E-state index contributed by atoms with van der Waals surface area (Å²) in [4.78, 5) is 14.6. The standard InChI is InChI=1S/C13H16N4O/c1-17(7-5-11-4-2-3-6-15-11)13-9-14-8-12(10-18)16-13/h2-4,6,8-9,18H,5,7,10H2,1H3. The minimum atomic E-state index is -0.0884. The monoisotopic (exact) mass is 244 g/mol. The maximum Gasteiger partial charge on any atom is 0.147 e. The average molecular weight is 244 g/mol. The van der Waals surface area contributed by atoms with Gasteiger partial charge in [-0.15, -0.1) is 0 Å². The van der Waals surface area contributed by atoms with Crippen LogP contribution in [0.5, 0.6) is 0 Å². The van der Waals surface area contributed by atoms with Crippen molar-refractivity contribution >= 4 is 5.82 Å². The third kappa shape index (κ3) is 3.24. The lowest BCUT2D eigenvalue weighted by molar-refractivity contribution is 0.276. The second-order valence-corrected chi connectivity index (χ2v) is 4.02. The average Bonchev–Trinajstić information content (AvgIpc) is 2.46. The Morgan fingerprint density at radius 2 is 2.11 bits per heavy atom. The van der Waals surface area contributed by atoms with Crippen LogP contribution in [0.2, 0.25) is 0 Å². The Morgan fingerprint density at radius 3 is 2.83 bits per heavy atom. The molecule has 0 radical (unpaired) electrons. The summed E-state index contributed by atoms with van der Waals surface area (Å²) in [6.07, 6.45) is 5.90. The molecule has 2 heterocycles. The number of anilines is 1. The van der Waals surface area contributed by atoms with Gasteiger partial charge in [-0.25, -0.2) is 4.98 Å². The molecule has 0 atom stereocenters. The molecule has 18 heavy (non-hydrogen) atoms. The van der Waals surface area contributed by atoms with Crippen molar-refractivity contribution in [1.29, 1.82) is 0 Å². The highest BCUT2D eigenvalue weighted by molar-refractivity contribution is 5.35. The Morgan fingerprint density at radius 1 is 1.22 bits per heavy atom. The first kappa shape index (κ1) is 12.4. The second-order valence-electron chi connectivity index (χ2n) is 4.02. The van der Waals surface area contributed by atoms with Gasteiger partial charge >= 0.3 is 0 Å². The molecule has 0 aliphatic carbocycles. The second kappa shape index (κ2) is 6.07. The Balaban J connectivity index is 1.97. The first-order chi connectivity index (χ1) is 8.79. The van der Waals surface area contributed by atoms with Crippen molar-refractivity contribution in [3.8, 4) is 0 Å². The summed E-state index contributed by atoms with van der Waals surface area (Å²) in [5.41, 5.74) is 1.63. The number of aromatic nitrogens is 3. The van der Waals surface area contributed by atoms with Gasteiger partial charge in [0.25, 0.3) is 0 Å². The first-order valence-electron chi connectivity index (χ1n) is 5.82. The molecule has 5 heteroatoms. The van der Waals surface area contributed by atoms with Gasteiger partial charge in [-0.2, -0.15) is 0 Å². The van der Waals surface area contributed by atoms with Crippen LogP contribution < -0.4 is 4.90 Å². The summed E-state index contributed by atoms with van der Waals surface area (Å²) in [6.45, 7) is 0.718. The summed E-state index contributed by atoms with van der Waals surface area (Å²) in [6, 6.07) is 5.89. The lowest BCUT2D eigenvalue weighted by atomic mass is 10.2. The number of nitrogens with zero attached hydrogens (tertiary/aromatic N) is 4. The van der Waals surface area contributed by atoms with E-state index in [0.717, 1.165) is 24.5 Å². The fourth-order valence-electron chi connectivity index (χ4n) is 1.60. The van der Waals surface area contributed by atoms with Crippen molar-refractivity contribution < 1.29 is 5.11 Å². The van der Waals surface area contributed by atoms with E-state index in [0.29, 0.717) is 5.69 Å². The van der Waals surface area contributed by atoms with Crippen molar-refractivity contribution in [3.63, 3.8) is 0 Å². The van der Waals surface area contributed by atoms with Crippen LogP contribution in [-0.2, 0) is 13.0 Å². The van der Waals surface area contributed by atoms with Crippen molar-refractivity contribution in [1.82, 2.24) is 15.0 Å². The maximum absolute atomic E-state index is 9.02. The smallest absolute Gasteiger partial charge is 0.147 e. The molecule has 94 valence electrons. The van der Waals surface area contributed by atoms with Crippen LogP contribution in [-0.4, -0.2) is 33.7 Å². The number of hydrogen-bond donors (Lipinski definition) is 1. The van der Waals surface area contributed by atoms with Crippen LogP contribution in [0.4, 0.5) is 5.82 Å². The van der Waals surface area contributed by atoms with Crippen LogP contribution in [0.15, 0.2) is 36.8 Å². The van der Waals surface area contributed by atoms with Crippen LogP contribution in [0, 0.1) is 0 Å². The van der Waals surface area contributed by atoms with Crippen LogP contribution >= 0.6 is 0 Å². The summed E-state index contributed by atoms with van der Waals surface area (Å²) in [5.74, 6) is 0.762. The summed E-state index contributed by atoms with van der Waals surface area (Å²) in [7, 11) is 1.95. The molecular formula is C13H16N4O. The molecule has 0 aliphatic heterocycles. The largest absolute Gasteiger partial charge is 0.390 e. The summed E-state index contributed by atoms with van der Waals surface area (Å²) < 4.78 is 0. The van der Waals surface area contributed by atoms with Crippen molar-refractivity contribution in [2.75, 3.05) is 18.5 Å². The maximum atomic E-state index is 9.02. The van der Waals surface area contributed by atoms with Gasteiger partial charge in [-0.05, 0) is 12.1 Å². The fourth-order valence-corrected chi connectivity index (χ4v) is 1.60. The van der Waals surface area contributed by atoms with Gasteiger partial charge in [-0.1, -0.05) is 6.07 Å². The highest BCUT2D eigenvalue weighted by Gasteiger charge is 2.04. The molecule has 2 aromatic rings. The van der Waals surface area contributed by atoms with Gasteiger partial charge in [0.15, 0.2) is 0 Å². The lowest BCUT2D eigenvalue weighted by Crippen LogP contribution is -2.22. The number of pyridine rings is 1. The van der Waals surface area contributed by atoms with Crippen LogP contribution in [0.25, 0.3) is 0 Å². The Bertz CT molecular complexity index is 489. The molecule has 0 unspecified atom stereocenters. The molecule has 0 fully saturated rings. The number of aliphatic hydroxyl groups excluding tert-OH is 1. The minimum absolute atomic E-state index is 0.0884. The molecule has 2 rings (SSSR count). The van der Waals surface area contributed by atoms with Gasteiger partial charge in [0.2, 0.25) is 0 Å². The minimum Gasteiger partial charge on any atom is -0.390 e. The SMILES string of the molecule is CN(CCc1ccccn1)c1cncc(CO)n1. The Hall–Kier alpha value is -2.01. The van der Waals surface area contributed by atoms with E-state index in [-0.39, 0.29) is 6.61 Å². The topological polar surface area (TPSA) is 62.1 Å². The van der Waals surface area contributed by atoms with Crippen molar-refractivity contribution in [2.24, 2.45) is 0 Å². The third-order valence-electron chi connectivity index (χ3n) is 2.65. The normalized spacial score (nSPS) is 10.3. The molecule has 0 aliphatic rings. The zero-order valence-corrected chi connectivity index (χ0v) is 10.3. The molecular weight excluding hydrogens is 228 g/mol. The third-order valence-corrected chi connectivity index (χ3v) is 2.65. The fraction of sp³-hybridized carbons (Fsp3) is 0.308. The predicted molar refractivity (Wildman–Crippen MR) is 69.2 cm³/mol. The zero-order valence-electron chi connectivity index (χ0n) is 10.3. The van der Waals surface area contributed by atoms with E-state index in [2.05, 4.69) is 15.0 Å². The molecule has 2 aromatic heterocycles. The number of aliphatic hydroxyl groups is 1. The van der Waals surface area contributed by atoms with Crippen LogP contribution in [0.1, 0.15) is 11.4 Å². The van der Waals surface area contributed by atoms with E-state index in [1.807, 2.05) is 30.1 Å². The molecule has 0 aromatic carbocycles. The number of rotatable bonds is 5. The van der Waals surface area contributed by atoms with Crippen LogP contribution in [0.3, 0.4) is 0 Å². The molecule has 5 nitrogen and oxygen atoms in total. The highest BCUT2D eigenvalue weighted by atomic mass is 16.3. The summed E-state index contributed by atoms with van der Waals surface area (Å²) >= 11 is 0. The highest BCUT2D eigenvalue weighted by Crippen LogP contribution is 2.08. The molecule has 0 saturated carbocycles. The summed E-state index contributed by atoms with van der Waals surface area (Å²) in [5, 5.41) is 9.02. The van der Waals surface area contributed by atoms with E-state index in [4.69, 9.17) is 5.11 Å². The van der Waals surface area contributed by atoms with Gasteiger partial charge in [0.1, 0.15) is 5.82 Å². The lowest BCUT2D eigenvalue weighted by Gasteiger charge is -2.17. The van der Waals surface area contributed by atoms with Gasteiger partial charge in [0, 0.05) is 31.9 Å². The molecule has 0 spiro atoms. The van der Waals surface area contributed by atoms with E-state index in [1.165, 1.54) is 0 Å². The Labute approximate surface area is 106 Å². The Kier molecular flexibility index (Phi) is 4.20.